The van der Waals surface area contributed by atoms with Crippen LogP contribution in [0.15, 0.2) is 39.5 Å². The van der Waals surface area contributed by atoms with E-state index in [9.17, 15) is 13.6 Å². The maximum absolute atomic E-state index is 13.9. The molecular weight excluding hydrogens is 372 g/mol. The van der Waals surface area contributed by atoms with Gasteiger partial charge in [-0.25, -0.2) is 8.78 Å². The van der Waals surface area contributed by atoms with Gasteiger partial charge < -0.3 is 9.42 Å². The van der Waals surface area contributed by atoms with E-state index in [1.165, 1.54) is 6.07 Å². The average Bonchev–Trinajstić information content (AvgIpc) is 3.33. The summed E-state index contributed by atoms with van der Waals surface area (Å²) < 4.78 is 32.3. The molecule has 0 radical (unpaired) electrons. The lowest BCUT2D eigenvalue weighted by Crippen LogP contribution is -2.40. The van der Waals surface area contributed by atoms with Crippen molar-refractivity contribution < 1.29 is 18.1 Å². The summed E-state index contributed by atoms with van der Waals surface area (Å²) in [6.45, 7) is 1.03. The Labute approximate surface area is 158 Å². The van der Waals surface area contributed by atoms with E-state index in [1.807, 2.05) is 16.8 Å². The highest BCUT2D eigenvalue weighted by molar-refractivity contribution is 7.08. The first kappa shape index (κ1) is 17.8. The summed E-state index contributed by atoms with van der Waals surface area (Å²) >= 11 is 1.56. The Bertz CT molecular complexity index is 942. The van der Waals surface area contributed by atoms with Crippen molar-refractivity contribution >= 4 is 17.2 Å². The number of amides is 1. The van der Waals surface area contributed by atoms with Gasteiger partial charge in [-0.05, 0) is 42.3 Å². The number of aromatic nitrogens is 2. The largest absolute Gasteiger partial charge is 0.339 e. The highest BCUT2D eigenvalue weighted by Crippen LogP contribution is 2.24. The van der Waals surface area contributed by atoms with Crippen LogP contribution in [0.5, 0.6) is 0 Å². The minimum absolute atomic E-state index is 0.102. The predicted octanol–water partition coefficient (Wildman–Crippen LogP) is 4.17. The Morgan fingerprint density at radius 1 is 1.33 bits per heavy atom. The van der Waals surface area contributed by atoms with Crippen LogP contribution in [0, 0.1) is 17.6 Å². The number of halogens is 2. The number of thiophene rings is 1. The number of hydrogen-bond donors (Lipinski definition) is 0. The van der Waals surface area contributed by atoms with Crippen LogP contribution in [0.4, 0.5) is 8.78 Å². The lowest BCUT2D eigenvalue weighted by molar-refractivity contribution is 0.0663. The highest BCUT2D eigenvalue weighted by Gasteiger charge is 2.27. The van der Waals surface area contributed by atoms with Crippen molar-refractivity contribution in [3.8, 4) is 11.4 Å². The Morgan fingerprint density at radius 2 is 2.22 bits per heavy atom. The first-order valence-electron chi connectivity index (χ1n) is 8.69. The van der Waals surface area contributed by atoms with Crippen LogP contribution in [0.1, 0.15) is 29.1 Å². The first-order valence-corrected chi connectivity index (χ1v) is 9.64. The molecule has 140 valence electrons. The summed E-state index contributed by atoms with van der Waals surface area (Å²) in [5.41, 5.74) is 0.816. The van der Waals surface area contributed by atoms with E-state index < -0.39 is 17.5 Å². The van der Waals surface area contributed by atoms with Gasteiger partial charge >= 0.3 is 0 Å². The second-order valence-corrected chi connectivity index (χ2v) is 7.39. The molecule has 4 rings (SSSR count). The molecule has 1 fully saturated rings. The molecule has 0 N–H and O–H groups in total. The summed E-state index contributed by atoms with van der Waals surface area (Å²) in [5.74, 6) is -0.701. The second-order valence-electron chi connectivity index (χ2n) is 6.61. The third-order valence-corrected chi connectivity index (χ3v) is 5.36. The number of carbonyl (C=O) groups is 1. The van der Waals surface area contributed by atoms with Crippen molar-refractivity contribution in [2.45, 2.75) is 19.3 Å². The zero-order chi connectivity index (χ0) is 18.8. The molecule has 27 heavy (non-hydrogen) atoms. The van der Waals surface area contributed by atoms with Gasteiger partial charge in [0.05, 0.1) is 5.56 Å². The molecule has 1 aromatic carbocycles. The molecule has 3 heterocycles. The summed E-state index contributed by atoms with van der Waals surface area (Å²) in [6.07, 6.45) is 2.30. The molecule has 3 aromatic rings. The van der Waals surface area contributed by atoms with Gasteiger partial charge in [0.15, 0.2) is 0 Å². The van der Waals surface area contributed by atoms with Crippen molar-refractivity contribution in [1.29, 1.82) is 0 Å². The van der Waals surface area contributed by atoms with Crippen molar-refractivity contribution in [3.63, 3.8) is 0 Å². The smallest absolute Gasteiger partial charge is 0.256 e. The van der Waals surface area contributed by atoms with E-state index >= 15 is 0 Å². The number of likely N-dealkylation sites (tertiary alicyclic amines) is 1. The number of rotatable bonds is 4. The Hall–Kier alpha value is -2.61. The number of nitrogens with zero attached hydrogens (tertiary/aromatic N) is 3. The third-order valence-electron chi connectivity index (χ3n) is 4.68. The number of benzene rings is 1. The topological polar surface area (TPSA) is 59.2 Å². The lowest BCUT2D eigenvalue weighted by atomic mass is 9.94. The Balaban J connectivity index is 1.43. The van der Waals surface area contributed by atoms with Gasteiger partial charge in [-0.1, -0.05) is 5.16 Å². The van der Waals surface area contributed by atoms with Crippen LogP contribution in [-0.2, 0) is 6.42 Å². The van der Waals surface area contributed by atoms with Crippen molar-refractivity contribution in [3.05, 3.63) is 58.1 Å². The van der Waals surface area contributed by atoms with Gasteiger partial charge in [0.1, 0.15) is 11.6 Å². The molecule has 2 aromatic heterocycles. The Morgan fingerprint density at radius 3 is 3.00 bits per heavy atom. The van der Waals surface area contributed by atoms with E-state index in [-0.39, 0.29) is 11.5 Å². The summed E-state index contributed by atoms with van der Waals surface area (Å²) in [5, 5.41) is 7.90. The summed E-state index contributed by atoms with van der Waals surface area (Å²) in [7, 11) is 0. The van der Waals surface area contributed by atoms with Crippen molar-refractivity contribution in [2.24, 2.45) is 5.92 Å². The molecule has 8 heteroatoms. The van der Waals surface area contributed by atoms with E-state index in [2.05, 4.69) is 10.1 Å². The average molecular weight is 389 g/mol. The molecule has 0 unspecified atom stereocenters. The summed E-state index contributed by atoms with van der Waals surface area (Å²) in [4.78, 5) is 18.6. The number of carbonyl (C=O) groups excluding carboxylic acids is 1. The minimum Gasteiger partial charge on any atom is -0.339 e. The summed E-state index contributed by atoms with van der Waals surface area (Å²) in [6, 6.07) is 4.96. The molecule has 0 aliphatic carbocycles. The molecule has 1 amide bonds. The Kier molecular flexibility index (Phi) is 4.98. The van der Waals surface area contributed by atoms with Crippen LogP contribution in [-0.4, -0.2) is 34.0 Å². The van der Waals surface area contributed by atoms with E-state index in [1.54, 1.807) is 16.2 Å². The SMILES string of the molecule is O=C(c1ccc(F)cc1F)N1CCC[C@@H](Cc2nc(-c3ccsc3)no2)C1. The third kappa shape index (κ3) is 3.90. The number of hydrogen-bond acceptors (Lipinski definition) is 5. The quantitative estimate of drug-likeness (QED) is 0.672. The monoisotopic (exact) mass is 389 g/mol. The van der Waals surface area contributed by atoms with Crippen LogP contribution >= 0.6 is 11.3 Å². The molecule has 0 saturated carbocycles. The maximum atomic E-state index is 13.9. The molecule has 1 aliphatic rings. The fourth-order valence-corrected chi connectivity index (χ4v) is 3.98. The molecular formula is C19H17F2N3O2S. The molecule has 1 aliphatic heterocycles. The van der Waals surface area contributed by atoms with Gasteiger partial charge in [0, 0.05) is 36.5 Å². The molecule has 0 spiro atoms. The van der Waals surface area contributed by atoms with E-state index in [0.717, 1.165) is 30.5 Å². The van der Waals surface area contributed by atoms with Gasteiger partial charge in [-0.2, -0.15) is 16.3 Å². The van der Waals surface area contributed by atoms with Crippen LogP contribution in [0.25, 0.3) is 11.4 Å². The number of piperidine rings is 1. The molecule has 1 saturated heterocycles. The standard InChI is InChI=1S/C19H17F2N3O2S/c20-14-3-4-15(16(21)9-14)19(25)24-6-1-2-12(10-24)8-17-22-18(23-26-17)13-5-7-27-11-13/h3-5,7,9,11-12H,1-2,6,8,10H2/t12-/m0/s1. The molecule has 5 nitrogen and oxygen atoms in total. The first-order chi connectivity index (χ1) is 13.1. The van der Waals surface area contributed by atoms with Crippen LogP contribution in [0.2, 0.25) is 0 Å². The fraction of sp³-hybridized carbons (Fsp3) is 0.316. The van der Waals surface area contributed by atoms with Crippen molar-refractivity contribution in [1.82, 2.24) is 15.0 Å². The van der Waals surface area contributed by atoms with E-state index in [4.69, 9.17) is 4.52 Å². The minimum atomic E-state index is -0.834. The zero-order valence-corrected chi connectivity index (χ0v) is 15.2. The fourth-order valence-electron chi connectivity index (χ4n) is 3.34. The van der Waals surface area contributed by atoms with Crippen LogP contribution in [0.3, 0.4) is 0 Å². The molecule has 1 atom stereocenters. The van der Waals surface area contributed by atoms with Gasteiger partial charge in [-0.15, -0.1) is 0 Å². The highest BCUT2D eigenvalue weighted by atomic mass is 32.1. The van der Waals surface area contributed by atoms with Gasteiger partial charge in [0.2, 0.25) is 11.7 Å². The van der Waals surface area contributed by atoms with Crippen LogP contribution < -0.4 is 0 Å². The van der Waals surface area contributed by atoms with Gasteiger partial charge in [0.25, 0.3) is 5.91 Å². The normalized spacial score (nSPS) is 17.3. The van der Waals surface area contributed by atoms with Gasteiger partial charge in [-0.3, -0.25) is 4.79 Å². The lowest BCUT2D eigenvalue weighted by Gasteiger charge is -2.32. The maximum Gasteiger partial charge on any atom is 0.256 e. The zero-order valence-electron chi connectivity index (χ0n) is 14.4. The predicted molar refractivity (Wildman–Crippen MR) is 96.3 cm³/mol. The second kappa shape index (κ2) is 7.56. The van der Waals surface area contributed by atoms with Crippen molar-refractivity contribution in [2.75, 3.05) is 13.1 Å². The van der Waals surface area contributed by atoms with E-state index in [0.29, 0.717) is 31.2 Å². The molecule has 0 bridgehead atoms.